The van der Waals surface area contributed by atoms with Crippen molar-refractivity contribution in [3.8, 4) is 0 Å². The Labute approximate surface area is 105 Å². The third-order valence-corrected chi connectivity index (χ3v) is 5.15. The normalized spacial score (nSPS) is 26.5. The minimum atomic E-state index is -0.668. The molecule has 1 aliphatic carbocycles. The van der Waals surface area contributed by atoms with E-state index in [1.807, 2.05) is 0 Å². The first-order valence-corrected chi connectivity index (χ1v) is 7.06. The molecule has 2 heterocycles. The summed E-state index contributed by atoms with van der Waals surface area (Å²) >= 11 is 1.65. The summed E-state index contributed by atoms with van der Waals surface area (Å²) in [6, 6.07) is 2.07. The third kappa shape index (κ3) is 1.93. The molecule has 1 aromatic heterocycles. The van der Waals surface area contributed by atoms with Gasteiger partial charge in [-0.3, -0.25) is 0 Å². The fourth-order valence-corrected chi connectivity index (χ4v) is 3.99. The fourth-order valence-electron chi connectivity index (χ4n) is 2.91. The van der Waals surface area contributed by atoms with E-state index in [1.165, 1.54) is 5.56 Å². The molecule has 0 unspecified atom stereocenters. The molecule has 0 bridgehead atoms. The van der Waals surface area contributed by atoms with E-state index in [0.717, 1.165) is 30.6 Å². The summed E-state index contributed by atoms with van der Waals surface area (Å²) in [5.74, 6) is -0.391. The number of ether oxygens (including phenoxy) is 2. The van der Waals surface area contributed by atoms with Gasteiger partial charge >= 0.3 is 0 Å². The van der Waals surface area contributed by atoms with Crippen molar-refractivity contribution < 1.29 is 14.6 Å². The quantitative estimate of drug-likeness (QED) is 0.837. The van der Waals surface area contributed by atoms with Crippen molar-refractivity contribution in [2.45, 2.75) is 44.0 Å². The average molecular weight is 254 g/mol. The van der Waals surface area contributed by atoms with E-state index in [9.17, 15) is 5.11 Å². The van der Waals surface area contributed by atoms with Crippen molar-refractivity contribution in [3.05, 3.63) is 21.9 Å². The predicted molar refractivity (Wildman–Crippen MR) is 66.1 cm³/mol. The molecule has 1 spiro atoms. The molecule has 1 saturated heterocycles. The van der Waals surface area contributed by atoms with Gasteiger partial charge in [-0.2, -0.15) is 0 Å². The zero-order chi connectivity index (χ0) is 11.9. The fraction of sp³-hybridized carbons (Fsp3) is 0.692. The molecule has 0 radical (unpaired) electrons. The molecule has 0 atom stereocenters. The van der Waals surface area contributed by atoms with E-state index in [0.29, 0.717) is 13.2 Å². The van der Waals surface area contributed by atoms with E-state index < -0.39 is 11.4 Å². The Morgan fingerprint density at radius 2 is 1.82 bits per heavy atom. The molecule has 2 aliphatic rings. The second-order valence-electron chi connectivity index (χ2n) is 5.07. The lowest BCUT2D eigenvalue weighted by atomic mass is 9.79. The minimum absolute atomic E-state index is 0.391. The molecule has 1 saturated carbocycles. The predicted octanol–water partition coefficient (Wildman–Crippen LogP) is 2.56. The standard InChI is InChI=1S/C13H18O3S/c1-10-2-9-17-11(10)12(14)3-5-13(6-4-12)15-7-8-16-13/h2,9,14H,3-8H2,1H3. The van der Waals surface area contributed by atoms with Gasteiger partial charge in [-0.05, 0) is 36.8 Å². The van der Waals surface area contributed by atoms with Gasteiger partial charge in [-0.1, -0.05) is 0 Å². The van der Waals surface area contributed by atoms with Crippen LogP contribution in [0.4, 0.5) is 0 Å². The summed E-state index contributed by atoms with van der Waals surface area (Å²) in [5, 5.41) is 12.8. The molecule has 1 aliphatic heterocycles. The highest BCUT2D eigenvalue weighted by atomic mass is 32.1. The van der Waals surface area contributed by atoms with Crippen LogP contribution in [0.1, 0.15) is 36.1 Å². The summed E-state index contributed by atoms with van der Waals surface area (Å²) in [4.78, 5) is 1.12. The number of hydrogen-bond acceptors (Lipinski definition) is 4. The maximum atomic E-state index is 10.8. The maximum Gasteiger partial charge on any atom is 0.168 e. The van der Waals surface area contributed by atoms with Crippen LogP contribution in [-0.4, -0.2) is 24.1 Å². The highest BCUT2D eigenvalue weighted by Crippen LogP contribution is 2.46. The van der Waals surface area contributed by atoms with Crippen molar-refractivity contribution >= 4 is 11.3 Å². The van der Waals surface area contributed by atoms with Crippen LogP contribution in [0.3, 0.4) is 0 Å². The lowest BCUT2D eigenvalue weighted by Crippen LogP contribution is -2.41. The molecular weight excluding hydrogens is 236 g/mol. The number of aryl methyl sites for hydroxylation is 1. The third-order valence-electron chi connectivity index (χ3n) is 3.94. The first kappa shape index (κ1) is 11.7. The average Bonchev–Trinajstić information content (AvgIpc) is 2.94. The molecule has 17 heavy (non-hydrogen) atoms. The maximum absolute atomic E-state index is 10.8. The number of hydrogen-bond donors (Lipinski definition) is 1. The van der Waals surface area contributed by atoms with Crippen molar-refractivity contribution in [2.24, 2.45) is 0 Å². The lowest BCUT2D eigenvalue weighted by Gasteiger charge is -2.40. The zero-order valence-electron chi connectivity index (χ0n) is 10.1. The molecule has 1 N–H and O–H groups in total. The van der Waals surface area contributed by atoms with E-state index >= 15 is 0 Å². The van der Waals surface area contributed by atoms with E-state index in [1.54, 1.807) is 11.3 Å². The van der Waals surface area contributed by atoms with Crippen LogP contribution in [0.25, 0.3) is 0 Å². The van der Waals surface area contributed by atoms with Gasteiger partial charge in [0.15, 0.2) is 5.79 Å². The summed E-state index contributed by atoms with van der Waals surface area (Å²) < 4.78 is 11.4. The van der Waals surface area contributed by atoms with Crippen molar-refractivity contribution in [2.75, 3.05) is 13.2 Å². The molecule has 94 valence electrons. The second kappa shape index (κ2) is 4.05. The molecular formula is C13H18O3S. The molecule has 0 amide bonds. The molecule has 3 nitrogen and oxygen atoms in total. The Morgan fingerprint density at radius 3 is 2.35 bits per heavy atom. The van der Waals surface area contributed by atoms with Crippen LogP contribution in [0.15, 0.2) is 11.4 Å². The van der Waals surface area contributed by atoms with Gasteiger partial charge in [0.1, 0.15) is 0 Å². The van der Waals surface area contributed by atoms with Gasteiger partial charge in [-0.25, -0.2) is 0 Å². The molecule has 2 fully saturated rings. The summed E-state index contributed by atoms with van der Waals surface area (Å²) in [7, 11) is 0. The molecule has 1 aromatic rings. The van der Waals surface area contributed by atoms with Crippen LogP contribution >= 0.6 is 11.3 Å². The summed E-state index contributed by atoms with van der Waals surface area (Å²) in [6.07, 6.45) is 3.05. The molecule has 3 rings (SSSR count). The Hall–Kier alpha value is -0.420. The van der Waals surface area contributed by atoms with E-state index in [2.05, 4.69) is 18.4 Å². The Bertz CT molecular complexity index is 397. The highest BCUT2D eigenvalue weighted by molar-refractivity contribution is 7.10. The first-order valence-electron chi connectivity index (χ1n) is 6.19. The van der Waals surface area contributed by atoms with Crippen molar-refractivity contribution in [3.63, 3.8) is 0 Å². The monoisotopic (exact) mass is 254 g/mol. The lowest BCUT2D eigenvalue weighted by molar-refractivity contribution is -0.203. The van der Waals surface area contributed by atoms with Gasteiger partial charge in [0, 0.05) is 17.7 Å². The van der Waals surface area contributed by atoms with Gasteiger partial charge in [0.05, 0.1) is 18.8 Å². The van der Waals surface area contributed by atoms with Crippen LogP contribution in [-0.2, 0) is 15.1 Å². The zero-order valence-corrected chi connectivity index (χ0v) is 10.9. The van der Waals surface area contributed by atoms with Crippen molar-refractivity contribution in [1.29, 1.82) is 0 Å². The Kier molecular flexibility index (Phi) is 2.78. The summed E-state index contributed by atoms with van der Waals surface area (Å²) in [6.45, 7) is 3.45. The SMILES string of the molecule is Cc1ccsc1C1(O)CCC2(CC1)OCCO2. The smallest absolute Gasteiger partial charge is 0.168 e. The topological polar surface area (TPSA) is 38.7 Å². The van der Waals surface area contributed by atoms with Gasteiger partial charge in [0.25, 0.3) is 0 Å². The van der Waals surface area contributed by atoms with Crippen molar-refractivity contribution in [1.82, 2.24) is 0 Å². The van der Waals surface area contributed by atoms with Crippen LogP contribution < -0.4 is 0 Å². The second-order valence-corrected chi connectivity index (χ2v) is 5.99. The van der Waals surface area contributed by atoms with Gasteiger partial charge in [-0.15, -0.1) is 11.3 Å². The van der Waals surface area contributed by atoms with Crippen LogP contribution in [0.2, 0.25) is 0 Å². The number of rotatable bonds is 1. The first-order chi connectivity index (χ1) is 8.14. The molecule has 4 heteroatoms. The van der Waals surface area contributed by atoms with E-state index in [4.69, 9.17) is 9.47 Å². The van der Waals surface area contributed by atoms with Crippen LogP contribution in [0, 0.1) is 6.92 Å². The summed E-state index contributed by atoms with van der Waals surface area (Å²) in [5.41, 5.74) is 0.528. The van der Waals surface area contributed by atoms with E-state index in [-0.39, 0.29) is 0 Å². The largest absolute Gasteiger partial charge is 0.384 e. The van der Waals surface area contributed by atoms with Gasteiger partial charge < -0.3 is 14.6 Å². The Morgan fingerprint density at radius 1 is 1.18 bits per heavy atom. The number of aliphatic hydroxyl groups is 1. The minimum Gasteiger partial charge on any atom is -0.384 e. The molecule has 0 aromatic carbocycles. The highest BCUT2D eigenvalue weighted by Gasteiger charge is 2.46. The van der Waals surface area contributed by atoms with Gasteiger partial charge in [0.2, 0.25) is 0 Å². The Balaban J connectivity index is 1.77. The van der Waals surface area contributed by atoms with Crippen LogP contribution in [0.5, 0.6) is 0 Å². The number of thiophene rings is 1.